The maximum atomic E-state index is 5.97. The lowest BCUT2D eigenvalue weighted by Crippen LogP contribution is -2.19. The fourth-order valence-corrected chi connectivity index (χ4v) is 2.40. The second-order valence-corrected chi connectivity index (χ2v) is 6.51. The van der Waals surface area contributed by atoms with E-state index >= 15 is 0 Å². The van der Waals surface area contributed by atoms with Gasteiger partial charge in [0.15, 0.2) is 11.5 Å². The molecule has 1 N–H and O–H groups in total. The summed E-state index contributed by atoms with van der Waals surface area (Å²) in [6.07, 6.45) is 0. The zero-order valence-corrected chi connectivity index (χ0v) is 16.5. The van der Waals surface area contributed by atoms with Crippen molar-refractivity contribution in [3.8, 4) is 11.5 Å². The van der Waals surface area contributed by atoms with Crippen molar-refractivity contribution in [1.82, 2.24) is 5.32 Å². The molecule has 0 saturated heterocycles. The summed E-state index contributed by atoms with van der Waals surface area (Å²) in [6, 6.07) is 14.6. The van der Waals surface area contributed by atoms with Gasteiger partial charge >= 0.3 is 0 Å². The lowest BCUT2D eigenvalue weighted by atomic mass is 10.1. The highest BCUT2D eigenvalue weighted by Gasteiger charge is 2.07. The van der Waals surface area contributed by atoms with Gasteiger partial charge in [0.1, 0.15) is 6.61 Å². The topological polar surface area (TPSA) is 30.5 Å². The van der Waals surface area contributed by atoms with Gasteiger partial charge in [-0.2, -0.15) is 0 Å². The maximum absolute atomic E-state index is 5.97. The van der Waals surface area contributed by atoms with E-state index in [0.717, 1.165) is 30.2 Å². The van der Waals surface area contributed by atoms with Crippen molar-refractivity contribution < 1.29 is 9.47 Å². The van der Waals surface area contributed by atoms with Crippen LogP contribution in [-0.4, -0.2) is 13.2 Å². The normalized spacial score (nSPS) is 10.4. The first-order chi connectivity index (χ1) is 11.6. The molecule has 25 heavy (non-hydrogen) atoms. The first-order valence-corrected chi connectivity index (χ1v) is 8.73. The Bertz CT molecular complexity index is 626. The van der Waals surface area contributed by atoms with Crippen LogP contribution in [0.4, 0.5) is 0 Å². The van der Waals surface area contributed by atoms with Crippen LogP contribution in [0, 0.1) is 12.8 Å². The van der Waals surface area contributed by atoms with Crippen LogP contribution >= 0.6 is 12.4 Å². The van der Waals surface area contributed by atoms with Gasteiger partial charge < -0.3 is 14.8 Å². The molecule has 0 aliphatic heterocycles. The van der Waals surface area contributed by atoms with E-state index in [9.17, 15) is 0 Å². The number of nitrogens with one attached hydrogen (secondary N) is 1. The molecule has 138 valence electrons. The van der Waals surface area contributed by atoms with Crippen LogP contribution in [0.1, 0.15) is 37.5 Å². The predicted molar refractivity (Wildman–Crippen MR) is 107 cm³/mol. The Kier molecular flexibility index (Phi) is 9.40. The van der Waals surface area contributed by atoms with E-state index in [1.165, 1.54) is 11.1 Å². The first kappa shape index (κ1) is 21.3. The number of aryl methyl sites for hydroxylation is 1. The van der Waals surface area contributed by atoms with Crippen LogP contribution in [0.5, 0.6) is 11.5 Å². The van der Waals surface area contributed by atoms with Crippen LogP contribution in [0.15, 0.2) is 42.5 Å². The van der Waals surface area contributed by atoms with E-state index in [4.69, 9.17) is 9.47 Å². The highest BCUT2D eigenvalue weighted by molar-refractivity contribution is 5.85. The third-order valence-electron chi connectivity index (χ3n) is 3.70. The van der Waals surface area contributed by atoms with Gasteiger partial charge in [0.2, 0.25) is 0 Å². The number of hydrogen-bond donors (Lipinski definition) is 1. The smallest absolute Gasteiger partial charge is 0.161 e. The summed E-state index contributed by atoms with van der Waals surface area (Å²) < 4.78 is 11.7. The Labute approximate surface area is 158 Å². The molecule has 2 aromatic rings. The van der Waals surface area contributed by atoms with Crippen LogP contribution in [0.3, 0.4) is 0 Å². The molecule has 0 amide bonds. The van der Waals surface area contributed by atoms with Crippen molar-refractivity contribution in [2.75, 3.05) is 13.2 Å². The maximum Gasteiger partial charge on any atom is 0.161 e. The Balaban J connectivity index is 0.00000312. The van der Waals surface area contributed by atoms with Gasteiger partial charge in [-0.05, 0) is 49.6 Å². The second kappa shape index (κ2) is 11.0. The molecule has 0 aliphatic rings. The van der Waals surface area contributed by atoms with E-state index in [2.05, 4.69) is 62.5 Å². The van der Waals surface area contributed by atoms with E-state index in [1.54, 1.807) is 0 Å². The van der Waals surface area contributed by atoms with E-state index in [-0.39, 0.29) is 12.4 Å². The van der Waals surface area contributed by atoms with E-state index in [1.807, 2.05) is 13.0 Å². The van der Waals surface area contributed by atoms with Crippen molar-refractivity contribution in [2.24, 2.45) is 5.92 Å². The average Bonchev–Trinajstić information content (AvgIpc) is 2.55. The molecule has 0 saturated carbocycles. The van der Waals surface area contributed by atoms with Gasteiger partial charge in [-0.1, -0.05) is 49.7 Å². The quantitative estimate of drug-likeness (QED) is 0.669. The number of ether oxygens (including phenoxy) is 2. The molecule has 0 fully saturated rings. The van der Waals surface area contributed by atoms with Crippen LogP contribution in [0.2, 0.25) is 0 Å². The van der Waals surface area contributed by atoms with Gasteiger partial charge in [0.05, 0.1) is 6.61 Å². The van der Waals surface area contributed by atoms with Crippen LogP contribution < -0.4 is 14.8 Å². The number of benzene rings is 2. The predicted octanol–water partition coefficient (Wildman–Crippen LogP) is 5.14. The summed E-state index contributed by atoms with van der Waals surface area (Å²) in [5.41, 5.74) is 3.62. The molecule has 0 bridgehead atoms. The number of rotatable bonds is 9. The fraction of sp³-hybridized carbons (Fsp3) is 0.429. The highest BCUT2D eigenvalue weighted by Crippen LogP contribution is 2.29. The summed E-state index contributed by atoms with van der Waals surface area (Å²) in [5, 5.41) is 3.46. The van der Waals surface area contributed by atoms with Crippen LogP contribution in [-0.2, 0) is 13.2 Å². The van der Waals surface area contributed by atoms with Crippen molar-refractivity contribution in [3.63, 3.8) is 0 Å². The monoisotopic (exact) mass is 363 g/mol. The summed E-state index contributed by atoms with van der Waals surface area (Å²) >= 11 is 0. The molecule has 3 nitrogen and oxygen atoms in total. The van der Waals surface area contributed by atoms with E-state index < -0.39 is 0 Å². The van der Waals surface area contributed by atoms with Gasteiger partial charge in [0, 0.05) is 6.54 Å². The largest absolute Gasteiger partial charge is 0.490 e. The Morgan fingerprint density at radius 1 is 0.920 bits per heavy atom. The van der Waals surface area contributed by atoms with Crippen molar-refractivity contribution in [2.45, 2.75) is 40.8 Å². The summed E-state index contributed by atoms with van der Waals surface area (Å²) in [5.74, 6) is 2.26. The zero-order valence-electron chi connectivity index (χ0n) is 15.7. The first-order valence-electron chi connectivity index (χ1n) is 8.73. The highest BCUT2D eigenvalue weighted by atomic mass is 35.5. The van der Waals surface area contributed by atoms with Gasteiger partial charge in [-0.3, -0.25) is 0 Å². The molecule has 2 rings (SSSR count). The molecule has 0 radical (unpaired) electrons. The van der Waals surface area contributed by atoms with Gasteiger partial charge in [-0.15, -0.1) is 12.4 Å². The average molecular weight is 364 g/mol. The van der Waals surface area contributed by atoms with Gasteiger partial charge in [0.25, 0.3) is 0 Å². The van der Waals surface area contributed by atoms with Gasteiger partial charge in [-0.25, -0.2) is 0 Å². The molecule has 0 aliphatic carbocycles. The SMILES string of the molecule is CCOc1cc(CNCC(C)C)ccc1OCc1ccc(C)cc1.Cl. The molecular formula is C21H30ClNO2. The summed E-state index contributed by atoms with van der Waals surface area (Å²) in [6.45, 7) is 11.5. The number of halogens is 1. The minimum atomic E-state index is 0. The molecule has 4 heteroatoms. The van der Waals surface area contributed by atoms with E-state index in [0.29, 0.717) is 19.1 Å². The lowest BCUT2D eigenvalue weighted by Gasteiger charge is -2.14. The Morgan fingerprint density at radius 3 is 2.24 bits per heavy atom. The van der Waals surface area contributed by atoms with Crippen molar-refractivity contribution in [1.29, 1.82) is 0 Å². The second-order valence-electron chi connectivity index (χ2n) is 6.51. The van der Waals surface area contributed by atoms with Crippen molar-refractivity contribution >= 4 is 12.4 Å². The molecule has 0 unspecified atom stereocenters. The summed E-state index contributed by atoms with van der Waals surface area (Å²) in [7, 11) is 0. The Morgan fingerprint density at radius 2 is 1.60 bits per heavy atom. The standard InChI is InChI=1S/C21H29NO2.ClH/c1-5-23-21-12-19(14-22-13-16(2)3)10-11-20(21)24-15-18-8-6-17(4)7-9-18;/h6-12,16,22H,5,13-15H2,1-4H3;1H. The molecule has 0 heterocycles. The zero-order chi connectivity index (χ0) is 17.4. The fourth-order valence-electron chi connectivity index (χ4n) is 2.40. The Hall–Kier alpha value is -1.71. The van der Waals surface area contributed by atoms with Crippen molar-refractivity contribution in [3.05, 3.63) is 59.2 Å². The minimum Gasteiger partial charge on any atom is -0.490 e. The number of hydrogen-bond acceptors (Lipinski definition) is 3. The summed E-state index contributed by atoms with van der Waals surface area (Å²) in [4.78, 5) is 0. The third-order valence-corrected chi connectivity index (χ3v) is 3.70. The molecule has 0 atom stereocenters. The third kappa shape index (κ3) is 7.37. The lowest BCUT2D eigenvalue weighted by molar-refractivity contribution is 0.269. The molecule has 0 spiro atoms. The molecule has 2 aromatic carbocycles. The molecule has 0 aromatic heterocycles. The molecular weight excluding hydrogens is 334 g/mol. The minimum absolute atomic E-state index is 0. The van der Waals surface area contributed by atoms with Crippen LogP contribution in [0.25, 0.3) is 0 Å².